The first kappa shape index (κ1) is 16.2. The Bertz CT molecular complexity index is 1020. The molecule has 0 saturated heterocycles. The normalized spacial score (nSPS) is 14.2. The van der Waals surface area contributed by atoms with Gasteiger partial charge in [-0.05, 0) is 47.4 Å². The molecule has 1 aliphatic rings. The molecule has 4 rings (SSSR count). The van der Waals surface area contributed by atoms with Crippen LogP contribution in [0.25, 0.3) is 6.08 Å². The van der Waals surface area contributed by atoms with E-state index in [1.54, 1.807) is 47.9 Å². The summed E-state index contributed by atoms with van der Waals surface area (Å²) in [5.41, 5.74) is 1.03. The Morgan fingerprint density at radius 2 is 1.92 bits per heavy atom. The van der Waals surface area contributed by atoms with Gasteiger partial charge in [-0.15, -0.1) is 11.3 Å². The molecule has 6 heteroatoms. The van der Waals surface area contributed by atoms with E-state index >= 15 is 0 Å². The molecule has 0 unspecified atom stereocenters. The van der Waals surface area contributed by atoms with Crippen molar-refractivity contribution in [2.24, 2.45) is 0 Å². The predicted molar refractivity (Wildman–Crippen MR) is 95.1 cm³/mol. The lowest BCUT2D eigenvalue weighted by atomic mass is 10.1. The number of carbonyl (C=O) groups excluding carboxylic acids is 2. The van der Waals surface area contributed by atoms with Gasteiger partial charge in [-0.3, -0.25) is 4.79 Å². The number of Topliss-reactive ketones (excluding diaryl/α,β-unsaturated/α-hetero) is 1. The van der Waals surface area contributed by atoms with Crippen LogP contribution in [0, 0.1) is 5.82 Å². The number of benzene rings is 2. The number of hydrogen-bond donors (Lipinski definition) is 0. The first-order chi connectivity index (χ1) is 12.6. The van der Waals surface area contributed by atoms with Crippen LogP contribution in [0.1, 0.15) is 25.6 Å². The van der Waals surface area contributed by atoms with Crippen LogP contribution in [-0.2, 0) is 0 Å². The molecule has 0 saturated carbocycles. The fourth-order valence-electron chi connectivity index (χ4n) is 2.49. The van der Waals surface area contributed by atoms with Gasteiger partial charge in [0.05, 0.1) is 5.56 Å². The minimum absolute atomic E-state index is 0.133. The average Bonchev–Trinajstić information content (AvgIpc) is 3.26. The van der Waals surface area contributed by atoms with Gasteiger partial charge in [0.15, 0.2) is 5.76 Å². The second-order valence-corrected chi connectivity index (χ2v) is 6.46. The van der Waals surface area contributed by atoms with Gasteiger partial charge in [0.25, 0.3) is 0 Å². The third kappa shape index (κ3) is 3.14. The zero-order valence-corrected chi connectivity index (χ0v) is 14.1. The summed E-state index contributed by atoms with van der Waals surface area (Å²) in [5.74, 6) is -0.357. The van der Waals surface area contributed by atoms with Crippen molar-refractivity contribution < 1.29 is 23.5 Å². The molecule has 0 spiro atoms. The number of hydrogen-bond acceptors (Lipinski definition) is 5. The number of ether oxygens (including phenoxy) is 2. The van der Waals surface area contributed by atoms with E-state index in [1.807, 2.05) is 0 Å². The molecule has 0 atom stereocenters. The molecule has 0 bridgehead atoms. The minimum atomic E-state index is -0.466. The third-order valence-electron chi connectivity index (χ3n) is 3.74. The molecule has 0 aliphatic carbocycles. The van der Waals surface area contributed by atoms with Gasteiger partial charge in [0, 0.05) is 6.07 Å². The Morgan fingerprint density at radius 3 is 2.65 bits per heavy atom. The van der Waals surface area contributed by atoms with Crippen molar-refractivity contribution >= 4 is 29.2 Å². The lowest BCUT2D eigenvalue weighted by Gasteiger charge is -2.04. The minimum Gasteiger partial charge on any atom is -0.452 e. The Hall–Kier alpha value is -3.25. The fraction of sp³-hybridized carbons (Fsp3) is 0. The van der Waals surface area contributed by atoms with Gasteiger partial charge in [-0.1, -0.05) is 18.2 Å². The summed E-state index contributed by atoms with van der Waals surface area (Å²) in [6.07, 6.45) is 1.54. The van der Waals surface area contributed by atoms with Gasteiger partial charge in [0.1, 0.15) is 22.2 Å². The number of halogens is 1. The summed E-state index contributed by atoms with van der Waals surface area (Å²) >= 11 is 1.28. The molecule has 3 aromatic rings. The lowest BCUT2D eigenvalue weighted by molar-refractivity contribution is 0.0739. The summed E-state index contributed by atoms with van der Waals surface area (Å²) in [7, 11) is 0. The predicted octanol–water partition coefficient (Wildman–Crippen LogP) is 4.72. The number of thiophene rings is 1. The zero-order valence-electron chi connectivity index (χ0n) is 13.3. The third-order valence-corrected chi connectivity index (χ3v) is 4.59. The zero-order chi connectivity index (χ0) is 18.1. The molecule has 26 heavy (non-hydrogen) atoms. The van der Waals surface area contributed by atoms with E-state index in [0.29, 0.717) is 21.8 Å². The first-order valence-corrected chi connectivity index (χ1v) is 8.58. The lowest BCUT2D eigenvalue weighted by Crippen LogP contribution is -2.06. The summed E-state index contributed by atoms with van der Waals surface area (Å²) in [5, 5.41) is 1.79. The van der Waals surface area contributed by atoms with Crippen LogP contribution in [0.3, 0.4) is 0 Å². The number of carbonyl (C=O) groups is 2. The van der Waals surface area contributed by atoms with Crippen molar-refractivity contribution in [1.82, 2.24) is 0 Å². The number of esters is 1. The van der Waals surface area contributed by atoms with Crippen LogP contribution in [0.15, 0.2) is 65.7 Å². The van der Waals surface area contributed by atoms with Gasteiger partial charge in [-0.25, -0.2) is 9.18 Å². The molecule has 0 radical (unpaired) electrons. The molecule has 0 N–H and O–H groups in total. The first-order valence-electron chi connectivity index (χ1n) is 7.70. The number of ketones is 1. The molecular formula is C20H11FO4S. The Morgan fingerprint density at radius 1 is 1.12 bits per heavy atom. The van der Waals surface area contributed by atoms with Crippen LogP contribution >= 0.6 is 11.3 Å². The van der Waals surface area contributed by atoms with Crippen molar-refractivity contribution in [3.05, 3.63) is 87.6 Å². The van der Waals surface area contributed by atoms with Crippen molar-refractivity contribution in [3.8, 4) is 11.5 Å². The molecule has 128 valence electrons. The molecule has 0 amide bonds. The van der Waals surface area contributed by atoms with Gasteiger partial charge < -0.3 is 9.47 Å². The van der Waals surface area contributed by atoms with E-state index in [4.69, 9.17) is 9.47 Å². The topological polar surface area (TPSA) is 52.6 Å². The fourth-order valence-corrected chi connectivity index (χ4v) is 3.09. The van der Waals surface area contributed by atoms with Crippen LogP contribution in [0.5, 0.6) is 11.5 Å². The standard InChI is InChI=1S/C20H11FO4S/c21-13-5-3-12(4-6-13)10-17-19(22)15-8-7-14(11-16(15)25-17)24-20(23)18-2-1-9-26-18/h1-11H. The van der Waals surface area contributed by atoms with Gasteiger partial charge >= 0.3 is 5.97 Å². The van der Waals surface area contributed by atoms with Crippen LogP contribution in [0.4, 0.5) is 4.39 Å². The second-order valence-electron chi connectivity index (χ2n) is 5.52. The van der Waals surface area contributed by atoms with Gasteiger partial charge in [-0.2, -0.15) is 0 Å². The number of rotatable bonds is 3. The molecule has 1 aliphatic heterocycles. The molecular weight excluding hydrogens is 355 g/mol. The number of fused-ring (bicyclic) bond motifs is 1. The van der Waals surface area contributed by atoms with E-state index in [0.717, 1.165) is 0 Å². The number of allylic oxidation sites excluding steroid dienone is 1. The summed E-state index contributed by atoms with van der Waals surface area (Å²) in [6, 6.07) is 13.8. The Labute approximate surface area is 152 Å². The highest BCUT2D eigenvalue weighted by molar-refractivity contribution is 7.12. The summed E-state index contributed by atoms with van der Waals surface area (Å²) in [4.78, 5) is 24.9. The van der Waals surface area contributed by atoms with Crippen molar-refractivity contribution in [1.29, 1.82) is 0 Å². The van der Waals surface area contributed by atoms with Crippen LogP contribution in [-0.4, -0.2) is 11.8 Å². The molecule has 0 fully saturated rings. The molecule has 2 heterocycles. The average molecular weight is 366 g/mol. The van der Waals surface area contributed by atoms with Gasteiger partial charge in [0.2, 0.25) is 5.78 Å². The maximum atomic E-state index is 13.0. The smallest absolute Gasteiger partial charge is 0.353 e. The van der Waals surface area contributed by atoms with E-state index < -0.39 is 5.97 Å². The Kier molecular flexibility index (Phi) is 4.10. The monoisotopic (exact) mass is 366 g/mol. The van der Waals surface area contributed by atoms with E-state index in [-0.39, 0.29) is 23.1 Å². The largest absolute Gasteiger partial charge is 0.452 e. The van der Waals surface area contributed by atoms with Crippen molar-refractivity contribution in [2.45, 2.75) is 0 Å². The quantitative estimate of drug-likeness (QED) is 0.382. The molecule has 4 nitrogen and oxygen atoms in total. The van der Waals surface area contributed by atoms with Crippen LogP contribution in [0.2, 0.25) is 0 Å². The SMILES string of the molecule is O=C(Oc1ccc2c(c1)OC(=Cc1ccc(F)cc1)C2=O)c1cccs1. The highest BCUT2D eigenvalue weighted by Gasteiger charge is 2.28. The summed E-state index contributed by atoms with van der Waals surface area (Å²) < 4.78 is 23.9. The summed E-state index contributed by atoms with van der Waals surface area (Å²) in [6.45, 7) is 0. The van der Waals surface area contributed by atoms with Crippen molar-refractivity contribution in [3.63, 3.8) is 0 Å². The Balaban J connectivity index is 1.56. The van der Waals surface area contributed by atoms with Crippen LogP contribution < -0.4 is 9.47 Å². The maximum Gasteiger partial charge on any atom is 0.353 e. The highest BCUT2D eigenvalue weighted by Crippen LogP contribution is 2.35. The molecule has 1 aromatic heterocycles. The molecule has 2 aromatic carbocycles. The highest BCUT2D eigenvalue weighted by atomic mass is 32.1. The van der Waals surface area contributed by atoms with Crippen molar-refractivity contribution in [2.75, 3.05) is 0 Å². The maximum absolute atomic E-state index is 13.0. The van der Waals surface area contributed by atoms with E-state index in [9.17, 15) is 14.0 Å². The second kappa shape index (κ2) is 6.57. The van der Waals surface area contributed by atoms with E-state index in [1.165, 1.54) is 29.5 Å². The van der Waals surface area contributed by atoms with E-state index in [2.05, 4.69) is 0 Å².